The van der Waals surface area contributed by atoms with E-state index >= 15 is 0 Å². The smallest absolute Gasteiger partial charge is 0.130 e. The Morgan fingerprint density at radius 2 is 2.43 bits per heavy atom. The van der Waals surface area contributed by atoms with Gasteiger partial charge in [0, 0.05) is 23.8 Å². The molecule has 0 aromatic rings. The third-order valence-corrected chi connectivity index (χ3v) is 3.96. The number of thioether (sulfide) groups is 1. The molecule has 0 radical (unpaired) electrons. The zero-order valence-corrected chi connectivity index (χ0v) is 9.97. The van der Waals surface area contributed by atoms with Crippen molar-refractivity contribution in [3.63, 3.8) is 0 Å². The van der Waals surface area contributed by atoms with E-state index < -0.39 is 0 Å². The molecule has 0 bridgehead atoms. The van der Waals surface area contributed by atoms with Crippen LogP contribution < -0.4 is 0 Å². The minimum absolute atomic E-state index is 0.210. The van der Waals surface area contributed by atoms with Crippen molar-refractivity contribution < 1.29 is 4.79 Å². The van der Waals surface area contributed by atoms with E-state index in [1.165, 1.54) is 0 Å². The van der Waals surface area contributed by atoms with Crippen LogP contribution in [0.4, 0.5) is 0 Å². The summed E-state index contributed by atoms with van der Waals surface area (Å²) >= 11 is 6.83. The van der Waals surface area contributed by atoms with Crippen LogP contribution in [0.25, 0.3) is 0 Å². The summed E-state index contributed by atoms with van der Waals surface area (Å²) in [6, 6.07) is 0. The lowest BCUT2D eigenvalue weighted by molar-refractivity contribution is -0.116. The zero-order chi connectivity index (χ0) is 10.6. The van der Waals surface area contributed by atoms with Crippen LogP contribution in [0.1, 0.15) is 32.6 Å². The van der Waals surface area contributed by atoms with Gasteiger partial charge in [0.2, 0.25) is 0 Å². The van der Waals surface area contributed by atoms with Gasteiger partial charge in [0.1, 0.15) is 5.78 Å². The fourth-order valence-corrected chi connectivity index (χ4v) is 3.06. The van der Waals surface area contributed by atoms with Crippen LogP contribution in [-0.2, 0) is 4.79 Å². The number of hydrogen-bond donors (Lipinski definition) is 1. The molecule has 1 aliphatic carbocycles. The molecule has 1 rings (SSSR count). The van der Waals surface area contributed by atoms with Gasteiger partial charge in [-0.3, -0.25) is 4.79 Å². The topological polar surface area (TPSA) is 40.9 Å². The van der Waals surface area contributed by atoms with E-state index in [0.29, 0.717) is 6.42 Å². The molecule has 1 N–H and O–H groups in total. The SMILES string of the molecule is CC(=O)CCSC(=S)C1CCCC1=N. The van der Waals surface area contributed by atoms with Crippen LogP contribution in [0, 0.1) is 11.3 Å². The van der Waals surface area contributed by atoms with Crippen molar-refractivity contribution in [3.05, 3.63) is 0 Å². The second-order valence-electron chi connectivity index (χ2n) is 3.59. The van der Waals surface area contributed by atoms with Gasteiger partial charge in [-0.15, -0.1) is 11.8 Å². The maximum Gasteiger partial charge on any atom is 0.130 e. The first-order valence-corrected chi connectivity index (χ1v) is 6.24. The minimum atomic E-state index is 0.210. The quantitative estimate of drug-likeness (QED) is 0.754. The van der Waals surface area contributed by atoms with Gasteiger partial charge in [-0.1, -0.05) is 12.2 Å². The summed E-state index contributed by atoms with van der Waals surface area (Å²) in [6.45, 7) is 1.60. The fraction of sp³-hybridized carbons (Fsp3) is 0.700. The van der Waals surface area contributed by atoms with E-state index in [1.54, 1.807) is 18.7 Å². The maximum atomic E-state index is 10.7. The lowest BCUT2D eigenvalue weighted by Gasteiger charge is -2.10. The van der Waals surface area contributed by atoms with Gasteiger partial charge in [-0.2, -0.15) is 0 Å². The molecule has 2 nitrogen and oxygen atoms in total. The van der Waals surface area contributed by atoms with Gasteiger partial charge in [0.25, 0.3) is 0 Å². The van der Waals surface area contributed by atoms with E-state index in [1.807, 2.05) is 0 Å². The molecule has 0 heterocycles. The number of hydrogen-bond acceptors (Lipinski definition) is 4. The monoisotopic (exact) mass is 229 g/mol. The largest absolute Gasteiger partial charge is 0.309 e. The average Bonchev–Trinajstić information content (AvgIpc) is 2.50. The first-order valence-electron chi connectivity index (χ1n) is 4.84. The fourth-order valence-electron chi connectivity index (χ4n) is 1.50. The third kappa shape index (κ3) is 3.50. The Kier molecular flexibility index (Phi) is 4.75. The Labute approximate surface area is 94.3 Å². The van der Waals surface area contributed by atoms with Gasteiger partial charge in [-0.05, 0) is 26.2 Å². The molecule has 14 heavy (non-hydrogen) atoms. The molecule has 0 saturated heterocycles. The van der Waals surface area contributed by atoms with Gasteiger partial charge in [0.15, 0.2) is 0 Å². The first kappa shape index (κ1) is 11.9. The Morgan fingerprint density at radius 1 is 1.71 bits per heavy atom. The second kappa shape index (κ2) is 5.61. The number of carbonyl (C=O) groups is 1. The predicted molar refractivity (Wildman–Crippen MR) is 65.4 cm³/mol. The first-order chi connectivity index (χ1) is 6.61. The normalized spacial score (nSPS) is 21.2. The highest BCUT2D eigenvalue weighted by molar-refractivity contribution is 8.23. The molecule has 1 fully saturated rings. The molecule has 0 aromatic heterocycles. The Morgan fingerprint density at radius 3 is 2.93 bits per heavy atom. The highest BCUT2D eigenvalue weighted by Crippen LogP contribution is 2.28. The standard InChI is InChI=1S/C10H15NOS2/c1-7(12)5-6-14-10(13)8-3-2-4-9(8)11/h8,11H,2-6H2,1H3. The summed E-state index contributed by atoms with van der Waals surface area (Å²) in [6.07, 6.45) is 3.62. The van der Waals surface area contributed by atoms with Crippen molar-refractivity contribution in [1.82, 2.24) is 0 Å². The molecule has 0 amide bonds. The minimum Gasteiger partial charge on any atom is -0.309 e. The van der Waals surface area contributed by atoms with Crippen molar-refractivity contribution >= 4 is 39.7 Å². The van der Waals surface area contributed by atoms with Crippen LogP contribution in [0.2, 0.25) is 0 Å². The summed E-state index contributed by atoms with van der Waals surface area (Å²) < 4.78 is 0.911. The molecular weight excluding hydrogens is 214 g/mol. The van der Waals surface area contributed by atoms with Crippen LogP contribution in [0.15, 0.2) is 0 Å². The van der Waals surface area contributed by atoms with Crippen LogP contribution >= 0.6 is 24.0 Å². The molecule has 0 aliphatic heterocycles. The van der Waals surface area contributed by atoms with E-state index in [2.05, 4.69) is 0 Å². The van der Waals surface area contributed by atoms with E-state index in [4.69, 9.17) is 17.6 Å². The Bertz CT molecular complexity index is 263. The lowest BCUT2D eigenvalue weighted by atomic mass is 10.1. The summed E-state index contributed by atoms with van der Waals surface area (Å²) in [4.78, 5) is 10.7. The maximum absolute atomic E-state index is 10.7. The number of thiocarbonyl (C=S) groups is 1. The molecule has 1 aliphatic rings. The van der Waals surface area contributed by atoms with Gasteiger partial charge in [0.05, 0.1) is 4.20 Å². The highest BCUT2D eigenvalue weighted by atomic mass is 32.2. The molecule has 1 saturated carbocycles. The van der Waals surface area contributed by atoms with Crippen LogP contribution in [0.5, 0.6) is 0 Å². The number of carbonyl (C=O) groups excluding carboxylic acids is 1. The second-order valence-corrected chi connectivity index (χ2v) is 5.42. The summed E-state index contributed by atoms with van der Waals surface area (Å²) in [5, 5.41) is 7.69. The van der Waals surface area contributed by atoms with E-state index in [9.17, 15) is 4.79 Å². The molecule has 0 spiro atoms. The molecular formula is C10H15NOS2. The molecule has 4 heteroatoms. The van der Waals surface area contributed by atoms with Gasteiger partial charge in [-0.25, -0.2) is 0 Å². The Balaban J connectivity index is 2.27. The Hall–Kier alpha value is -0.220. The van der Waals surface area contributed by atoms with Crippen molar-refractivity contribution in [2.75, 3.05) is 5.75 Å². The number of ketones is 1. The van der Waals surface area contributed by atoms with Crippen LogP contribution in [0.3, 0.4) is 0 Å². The van der Waals surface area contributed by atoms with E-state index in [-0.39, 0.29) is 11.7 Å². The number of nitrogens with one attached hydrogen (secondary N) is 1. The predicted octanol–water partition coefficient (Wildman–Crippen LogP) is 2.85. The molecule has 78 valence electrons. The van der Waals surface area contributed by atoms with E-state index in [0.717, 1.165) is 34.9 Å². The summed E-state index contributed by atoms with van der Waals surface area (Å²) in [5.74, 6) is 1.20. The number of rotatable bonds is 4. The van der Waals surface area contributed by atoms with Gasteiger partial charge < -0.3 is 5.41 Å². The number of Topliss-reactive ketones (excluding diaryl/α,β-unsaturated/α-hetero) is 1. The van der Waals surface area contributed by atoms with Crippen molar-refractivity contribution in [2.24, 2.45) is 5.92 Å². The van der Waals surface area contributed by atoms with Crippen molar-refractivity contribution in [2.45, 2.75) is 32.6 Å². The zero-order valence-electron chi connectivity index (χ0n) is 8.34. The van der Waals surface area contributed by atoms with Gasteiger partial charge >= 0.3 is 0 Å². The summed E-state index contributed by atoms with van der Waals surface area (Å²) in [7, 11) is 0. The van der Waals surface area contributed by atoms with Crippen LogP contribution in [-0.4, -0.2) is 21.4 Å². The lowest BCUT2D eigenvalue weighted by Crippen LogP contribution is -2.13. The van der Waals surface area contributed by atoms with Crippen molar-refractivity contribution in [1.29, 1.82) is 5.41 Å². The molecule has 0 aromatic carbocycles. The molecule has 1 atom stereocenters. The average molecular weight is 229 g/mol. The summed E-state index contributed by atoms with van der Waals surface area (Å²) in [5.41, 5.74) is 0.783. The van der Waals surface area contributed by atoms with Crippen molar-refractivity contribution in [3.8, 4) is 0 Å². The third-order valence-electron chi connectivity index (χ3n) is 2.34. The highest BCUT2D eigenvalue weighted by Gasteiger charge is 2.24. The molecule has 1 unspecified atom stereocenters.